The number of aryl methyl sites for hydroxylation is 2. The summed E-state index contributed by atoms with van der Waals surface area (Å²) < 4.78 is 0. The van der Waals surface area contributed by atoms with Gasteiger partial charge in [-0.1, -0.05) is 0 Å². The predicted octanol–water partition coefficient (Wildman–Crippen LogP) is 1.50. The Labute approximate surface area is 91.5 Å². The first kappa shape index (κ1) is 11.9. The third kappa shape index (κ3) is 3.83. The second-order valence-corrected chi connectivity index (χ2v) is 4.46. The summed E-state index contributed by atoms with van der Waals surface area (Å²) in [6.45, 7) is 9.00. The number of hydrogen-bond donors (Lipinski definition) is 2. The average molecular weight is 208 g/mol. The molecular formula is C11H20N4. The lowest BCUT2D eigenvalue weighted by molar-refractivity contribution is 0.447. The van der Waals surface area contributed by atoms with E-state index >= 15 is 0 Å². The molecule has 0 aliphatic carbocycles. The lowest BCUT2D eigenvalue weighted by Crippen LogP contribution is -2.43. The van der Waals surface area contributed by atoms with E-state index in [9.17, 15) is 0 Å². The van der Waals surface area contributed by atoms with E-state index in [-0.39, 0.29) is 5.54 Å². The molecule has 1 aromatic heterocycles. The number of rotatable bonds is 4. The number of anilines is 1. The summed E-state index contributed by atoms with van der Waals surface area (Å²) in [4.78, 5) is 8.64. The summed E-state index contributed by atoms with van der Waals surface area (Å²) in [5.41, 5.74) is 2.03. The van der Waals surface area contributed by atoms with Crippen molar-refractivity contribution in [2.45, 2.75) is 33.2 Å². The molecule has 0 aliphatic rings. The van der Waals surface area contributed by atoms with Crippen molar-refractivity contribution in [2.24, 2.45) is 0 Å². The molecule has 1 rings (SSSR count). The molecule has 0 amide bonds. The Morgan fingerprint density at radius 2 is 1.73 bits per heavy atom. The minimum Gasteiger partial charge on any atom is -0.352 e. The zero-order valence-electron chi connectivity index (χ0n) is 10.2. The fourth-order valence-electron chi connectivity index (χ4n) is 1.19. The van der Waals surface area contributed by atoms with Crippen molar-refractivity contribution in [3.8, 4) is 0 Å². The van der Waals surface area contributed by atoms with Crippen LogP contribution in [0.3, 0.4) is 0 Å². The maximum Gasteiger partial charge on any atom is 0.223 e. The zero-order valence-corrected chi connectivity index (χ0v) is 10.2. The van der Waals surface area contributed by atoms with E-state index in [1.165, 1.54) is 0 Å². The number of nitrogens with one attached hydrogen (secondary N) is 2. The van der Waals surface area contributed by atoms with Crippen LogP contribution in [-0.2, 0) is 0 Å². The lowest BCUT2D eigenvalue weighted by atomic mass is 10.1. The molecule has 0 bridgehead atoms. The molecule has 84 valence electrons. The molecule has 15 heavy (non-hydrogen) atoms. The van der Waals surface area contributed by atoms with Gasteiger partial charge in [-0.3, -0.25) is 0 Å². The van der Waals surface area contributed by atoms with Crippen molar-refractivity contribution < 1.29 is 0 Å². The SMILES string of the molecule is CNC(C)(C)CNc1nc(C)cc(C)n1. The smallest absolute Gasteiger partial charge is 0.223 e. The quantitative estimate of drug-likeness (QED) is 0.787. The van der Waals surface area contributed by atoms with Gasteiger partial charge in [0.25, 0.3) is 0 Å². The van der Waals surface area contributed by atoms with Gasteiger partial charge in [-0.15, -0.1) is 0 Å². The standard InChI is InChI=1S/C11H20N4/c1-8-6-9(2)15-10(14-8)13-7-11(3,4)12-5/h6,12H,7H2,1-5H3,(H,13,14,15). The molecule has 1 heterocycles. The molecule has 1 aromatic rings. The van der Waals surface area contributed by atoms with E-state index < -0.39 is 0 Å². The Morgan fingerprint density at radius 3 is 2.20 bits per heavy atom. The molecule has 2 N–H and O–H groups in total. The van der Waals surface area contributed by atoms with Gasteiger partial charge in [-0.05, 0) is 40.8 Å². The lowest BCUT2D eigenvalue weighted by Gasteiger charge is -2.24. The Morgan fingerprint density at radius 1 is 1.20 bits per heavy atom. The van der Waals surface area contributed by atoms with E-state index in [2.05, 4.69) is 34.4 Å². The number of hydrogen-bond acceptors (Lipinski definition) is 4. The van der Waals surface area contributed by atoms with Crippen LogP contribution in [0, 0.1) is 13.8 Å². The molecule has 0 aliphatic heterocycles. The fraction of sp³-hybridized carbons (Fsp3) is 0.636. The van der Waals surface area contributed by atoms with Crippen LogP contribution in [-0.4, -0.2) is 29.1 Å². The molecule has 0 saturated carbocycles. The molecule has 0 radical (unpaired) electrons. The molecule has 0 atom stereocenters. The van der Waals surface area contributed by atoms with Gasteiger partial charge < -0.3 is 10.6 Å². The van der Waals surface area contributed by atoms with E-state index in [4.69, 9.17) is 0 Å². The molecule has 0 saturated heterocycles. The van der Waals surface area contributed by atoms with Gasteiger partial charge >= 0.3 is 0 Å². The first-order valence-corrected chi connectivity index (χ1v) is 5.18. The molecular weight excluding hydrogens is 188 g/mol. The van der Waals surface area contributed by atoms with E-state index in [0.29, 0.717) is 5.95 Å². The van der Waals surface area contributed by atoms with Gasteiger partial charge in [0.1, 0.15) is 0 Å². The van der Waals surface area contributed by atoms with Crippen molar-refractivity contribution in [2.75, 3.05) is 18.9 Å². The maximum atomic E-state index is 4.32. The van der Waals surface area contributed by atoms with Crippen molar-refractivity contribution in [1.82, 2.24) is 15.3 Å². The summed E-state index contributed by atoms with van der Waals surface area (Å²) >= 11 is 0. The first-order chi connectivity index (χ1) is 6.93. The predicted molar refractivity (Wildman–Crippen MR) is 63.1 cm³/mol. The monoisotopic (exact) mass is 208 g/mol. The molecule has 0 spiro atoms. The first-order valence-electron chi connectivity index (χ1n) is 5.18. The number of nitrogens with zero attached hydrogens (tertiary/aromatic N) is 2. The molecule has 4 heteroatoms. The Hall–Kier alpha value is -1.16. The van der Waals surface area contributed by atoms with Gasteiger partial charge in [0.2, 0.25) is 5.95 Å². The zero-order chi connectivity index (χ0) is 11.5. The van der Waals surface area contributed by atoms with Crippen molar-refractivity contribution in [3.63, 3.8) is 0 Å². The second-order valence-electron chi connectivity index (χ2n) is 4.46. The molecule has 0 fully saturated rings. The van der Waals surface area contributed by atoms with E-state index in [0.717, 1.165) is 17.9 Å². The minimum absolute atomic E-state index is 0.0427. The van der Waals surface area contributed by atoms with Crippen LogP contribution in [0.15, 0.2) is 6.07 Å². The van der Waals surface area contributed by atoms with Crippen molar-refractivity contribution in [3.05, 3.63) is 17.5 Å². The average Bonchev–Trinajstić information content (AvgIpc) is 2.14. The highest BCUT2D eigenvalue weighted by molar-refractivity contribution is 5.28. The Bertz CT molecular complexity index is 313. The fourth-order valence-corrected chi connectivity index (χ4v) is 1.19. The largest absolute Gasteiger partial charge is 0.352 e. The summed E-state index contributed by atoms with van der Waals surface area (Å²) in [5, 5.41) is 6.46. The summed E-state index contributed by atoms with van der Waals surface area (Å²) in [7, 11) is 1.95. The number of aromatic nitrogens is 2. The van der Waals surface area contributed by atoms with Gasteiger partial charge in [0, 0.05) is 23.5 Å². The highest BCUT2D eigenvalue weighted by Gasteiger charge is 2.14. The Balaban J connectivity index is 2.65. The van der Waals surface area contributed by atoms with E-state index in [1.54, 1.807) is 0 Å². The van der Waals surface area contributed by atoms with Crippen LogP contribution in [0.2, 0.25) is 0 Å². The topological polar surface area (TPSA) is 49.8 Å². The summed E-state index contributed by atoms with van der Waals surface area (Å²) in [6.07, 6.45) is 0. The van der Waals surface area contributed by atoms with Gasteiger partial charge in [-0.2, -0.15) is 0 Å². The Kier molecular flexibility index (Phi) is 3.63. The molecule has 0 aromatic carbocycles. The van der Waals surface area contributed by atoms with Gasteiger partial charge in [-0.25, -0.2) is 9.97 Å². The summed E-state index contributed by atoms with van der Waals surface area (Å²) in [5.74, 6) is 0.704. The van der Waals surface area contributed by atoms with Crippen LogP contribution < -0.4 is 10.6 Å². The van der Waals surface area contributed by atoms with Crippen molar-refractivity contribution in [1.29, 1.82) is 0 Å². The minimum atomic E-state index is 0.0427. The molecule has 4 nitrogen and oxygen atoms in total. The highest BCUT2D eigenvalue weighted by atomic mass is 15.1. The third-order valence-electron chi connectivity index (χ3n) is 2.35. The van der Waals surface area contributed by atoms with Crippen molar-refractivity contribution >= 4 is 5.95 Å². The van der Waals surface area contributed by atoms with Crippen LogP contribution in [0.25, 0.3) is 0 Å². The van der Waals surface area contributed by atoms with Crippen LogP contribution in [0.1, 0.15) is 25.2 Å². The second kappa shape index (κ2) is 4.57. The van der Waals surface area contributed by atoms with E-state index in [1.807, 2.05) is 27.0 Å². The maximum absolute atomic E-state index is 4.32. The van der Waals surface area contributed by atoms with Crippen LogP contribution in [0.4, 0.5) is 5.95 Å². The summed E-state index contributed by atoms with van der Waals surface area (Å²) in [6, 6.07) is 1.97. The highest BCUT2D eigenvalue weighted by Crippen LogP contribution is 2.06. The number of likely N-dealkylation sites (N-methyl/N-ethyl adjacent to an activating group) is 1. The third-order valence-corrected chi connectivity index (χ3v) is 2.35. The van der Waals surface area contributed by atoms with Gasteiger partial charge in [0.05, 0.1) is 0 Å². The van der Waals surface area contributed by atoms with Gasteiger partial charge in [0.15, 0.2) is 0 Å². The normalized spacial score (nSPS) is 11.5. The van der Waals surface area contributed by atoms with Crippen LogP contribution >= 0.6 is 0 Å². The van der Waals surface area contributed by atoms with Crippen LogP contribution in [0.5, 0.6) is 0 Å². The molecule has 0 unspecified atom stereocenters.